The molecule has 104 valence electrons. The van der Waals surface area contributed by atoms with Crippen LogP contribution in [0.5, 0.6) is 0 Å². The molecule has 0 aliphatic heterocycles. The van der Waals surface area contributed by atoms with Gasteiger partial charge >= 0.3 is 19.5 Å². The molecule has 9 heteroatoms. The van der Waals surface area contributed by atoms with Crippen LogP contribution in [0.1, 0.15) is 20.7 Å². The molecule has 0 aliphatic rings. The third-order valence-corrected chi connectivity index (χ3v) is 3.56. The Hall–Kier alpha value is -1.83. The van der Waals surface area contributed by atoms with Crippen molar-refractivity contribution >= 4 is 32.8 Å². The largest absolute Gasteiger partial charge is 2.00 e. The molecule has 0 aliphatic carbocycles. The average Bonchev–Trinajstić information content (AvgIpc) is 2.35. The zero-order valence-electron chi connectivity index (χ0n) is 10.4. The maximum absolute atomic E-state index is 11.3. The Bertz CT molecular complexity index is 837. The molecule has 1 N–H and O–H groups in total. The fraction of sp³-hybridized carbons (Fsp3) is 0. The number of carbonyl (C=O) groups excluding carboxylic acids is 2. The Labute approximate surface area is 131 Å². The zero-order chi connectivity index (χ0) is 15.1. The Kier molecular flexibility index (Phi) is 4.83. The first-order valence-electron chi connectivity index (χ1n) is 5.18. The molecule has 0 saturated heterocycles. The van der Waals surface area contributed by atoms with Gasteiger partial charge in [-0.3, -0.25) is 4.55 Å². The minimum absolute atomic E-state index is 0. The van der Waals surface area contributed by atoms with Crippen molar-refractivity contribution in [3.63, 3.8) is 0 Å². The molecule has 0 unspecified atom stereocenters. The van der Waals surface area contributed by atoms with E-state index in [0.29, 0.717) is 0 Å². The number of rotatable bonds is 3. The third kappa shape index (κ3) is 3.44. The first kappa shape index (κ1) is 17.2. The monoisotopic (exact) mass is 358 g/mol. The number of carboxylic acid groups (broad SMARTS) is 2. The molecular formula is C12H6O7SZn. The van der Waals surface area contributed by atoms with Gasteiger partial charge in [-0.15, -0.1) is 0 Å². The molecule has 0 bridgehead atoms. The predicted molar refractivity (Wildman–Crippen MR) is 62.4 cm³/mol. The van der Waals surface area contributed by atoms with Gasteiger partial charge in [0.05, 0.1) is 11.9 Å². The number of aromatic carboxylic acids is 2. The maximum atomic E-state index is 11.3. The van der Waals surface area contributed by atoms with Gasteiger partial charge in [-0.1, -0.05) is 12.1 Å². The molecule has 0 fully saturated rings. The number of hydrogen-bond donors (Lipinski definition) is 1. The molecule has 0 atom stereocenters. The van der Waals surface area contributed by atoms with E-state index < -0.39 is 32.5 Å². The van der Waals surface area contributed by atoms with Gasteiger partial charge in [-0.2, -0.15) is 8.42 Å². The summed E-state index contributed by atoms with van der Waals surface area (Å²) in [5.41, 5.74) is -0.755. The zero-order valence-corrected chi connectivity index (χ0v) is 14.2. The second-order valence-corrected chi connectivity index (χ2v) is 5.35. The summed E-state index contributed by atoms with van der Waals surface area (Å²) in [6, 6.07) is 5.07. The molecule has 21 heavy (non-hydrogen) atoms. The van der Waals surface area contributed by atoms with Gasteiger partial charge in [0.15, 0.2) is 0 Å². The number of carboxylic acids is 2. The maximum Gasteiger partial charge on any atom is 2.00 e. The van der Waals surface area contributed by atoms with Gasteiger partial charge in [-0.25, -0.2) is 0 Å². The van der Waals surface area contributed by atoms with Crippen LogP contribution < -0.4 is 10.2 Å². The van der Waals surface area contributed by atoms with Crippen molar-refractivity contribution in [3.8, 4) is 0 Å². The van der Waals surface area contributed by atoms with Gasteiger partial charge in [0.2, 0.25) is 0 Å². The number of fused-ring (bicyclic) bond motifs is 1. The van der Waals surface area contributed by atoms with Gasteiger partial charge < -0.3 is 19.8 Å². The smallest absolute Gasteiger partial charge is 0.545 e. The Balaban J connectivity index is 0.00000220. The van der Waals surface area contributed by atoms with Crippen molar-refractivity contribution in [2.45, 2.75) is 4.90 Å². The van der Waals surface area contributed by atoms with Crippen LogP contribution in [0.4, 0.5) is 0 Å². The average molecular weight is 360 g/mol. The standard InChI is InChI=1S/C12H8O7S.Zn/c13-11(14)6-1-2-9-7(3-6)4-8(12(15)16)5-10(9)20(17,18)19;/h1-5H,(H,13,14)(H,15,16)(H,17,18,19);/q;+2/p-2. The van der Waals surface area contributed by atoms with Crippen molar-refractivity contribution in [1.82, 2.24) is 0 Å². The summed E-state index contributed by atoms with van der Waals surface area (Å²) in [5.74, 6) is -3.16. The number of hydrogen-bond acceptors (Lipinski definition) is 6. The van der Waals surface area contributed by atoms with E-state index in [4.69, 9.17) is 4.55 Å². The molecule has 0 spiro atoms. The first-order chi connectivity index (χ1) is 9.20. The van der Waals surface area contributed by atoms with Crippen LogP contribution in [0, 0.1) is 0 Å². The van der Waals surface area contributed by atoms with Crippen molar-refractivity contribution in [1.29, 1.82) is 0 Å². The molecule has 2 rings (SSSR count). The fourth-order valence-corrected chi connectivity index (χ4v) is 2.53. The van der Waals surface area contributed by atoms with Crippen molar-refractivity contribution in [2.24, 2.45) is 0 Å². The summed E-state index contributed by atoms with van der Waals surface area (Å²) in [7, 11) is -4.67. The number of carbonyl (C=O) groups is 2. The van der Waals surface area contributed by atoms with Gasteiger partial charge in [0, 0.05) is 5.39 Å². The van der Waals surface area contributed by atoms with Crippen molar-refractivity contribution in [3.05, 3.63) is 41.5 Å². The van der Waals surface area contributed by atoms with Crippen LogP contribution in [0.2, 0.25) is 0 Å². The molecule has 2 aromatic rings. The molecule has 2 aromatic carbocycles. The molecule has 0 heterocycles. The van der Waals surface area contributed by atoms with Crippen LogP contribution in [0.3, 0.4) is 0 Å². The van der Waals surface area contributed by atoms with E-state index in [-0.39, 0.29) is 35.8 Å². The molecule has 7 nitrogen and oxygen atoms in total. The summed E-state index contributed by atoms with van der Waals surface area (Å²) < 4.78 is 31.6. The van der Waals surface area contributed by atoms with Crippen molar-refractivity contribution < 1.29 is 52.3 Å². The Morgan fingerprint density at radius 2 is 1.48 bits per heavy atom. The van der Waals surface area contributed by atoms with Crippen LogP contribution in [-0.4, -0.2) is 24.9 Å². The minimum Gasteiger partial charge on any atom is -0.545 e. The minimum atomic E-state index is -4.67. The van der Waals surface area contributed by atoms with Gasteiger partial charge in [0.1, 0.15) is 4.90 Å². The number of benzene rings is 2. The Morgan fingerprint density at radius 3 is 1.95 bits per heavy atom. The second kappa shape index (κ2) is 5.89. The second-order valence-electron chi connectivity index (χ2n) is 3.96. The molecule has 0 aromatic heterocycles. The van der Waals surface area contributed by atoms with Crippen LogP contribution in [0.25, 0.3) is 10.8 Å². The van der Waals surface area contributed by atoms with E-state index in [1.165, 1.54) is 0 Å². The van der Waals surface area contributed by atoms with E-state index in [1.807, 2.05) is 0 Å². The van der Waals surface area contributed by atoms with Gasteiger partial charge in [-0.05, 0) is 34.7 Å². The normalized spacial score (nSPS) is 10.9. The van der Waals surface area contributed by atoms with Crippen LogP contribution in [-0.2, 0) is 29.6 Å². The van der Waals surface area contributed by atoms with E-state index in [0.717, 1.165) is 30.3 Å². The Morgan fingerprint density at radius 1 is 0.952 bits per heavy atom. The van der Waals surface area contributed by atoms with E-state index in [1.54, 1.807) is 0 Å². The quantitative estimate of drug-likeness (QED) is 0.537. The molecule has 0 radical (unpaired) electrons. The molecule has 0 amide bonds. The van der Waals surface area contributed by atoms with Crippen LogP contribution in [0.15, 0.2) is 35.2 Å². The molecule has 0 saturated carbocycles. The predicted octanol–water partition coefficient (Wildman–Crippen LogP) is -1.19. The summed E-state index contributed by atoms with van der Waals surface area (Å²) in [6.45, 7) is 0. The SMILES string of the molecule is O=C([O-])c1ccc2c(S(=O)(=O)O)cc(C(=O)[O-])cc2c1.[Zn+2]. The van der Waals surface area contributed by atoms with E-state index >= 15 is 0 Å². The van der Waals surface area contributed by atoms with Gasteiger partial charge in [0.25, 0.3) is 10.1 Å². The van der Waals surface area contributed by atoms with E-state index in [9.17, 15) is 28.2 Å². The summed E-state index contributed by atoms with van der Waals surface area (Å²) >= 11 is 0. The fourth-order valence-electron chi connectivity index (χ4n) is 1.79. The third-order valence-electron chi connectivity index (χ3n) is 2.66. The van der Waals surface area contributed by atoms with Crippen LogP contribution >= 0.6 is 0 Å². The first-order valence-corrected chi connectivity index (χ1v) is 6.62. The summed E-state index contributed by atoms with van der Waals surface area (Å²) in [4.78, 5) is 20.9. The van der Waals surface area contributed by atoms with Crippen molar-refractivity contribution in [2.75, 3.05) is 0 Å². The molecular weight excluding hydrogens is 354 g/mol. The summed E-state index contributed by atoms with van der Waals surface area (Å²) in [6.07, 6.45) is 0. The summed E-state index contributed by atoms with van der Waals surface area (Å²) in [5, 5.41) is 21.6. The topological polar surface area (TPSA) is 135 Å². The van der Waals surface area contributed by atoms with E-state index in [2.05, 4.69) is 0 Å².